The second kappa shape index (κ2) is 8.11. The van der Waals surface area contributed by atoms with Gasteiger partial charge in [-0.2, -0.15) is 9.78 Å². The van der Waals surface area contributed by atoms with Crippen LogP contribution in [-0.2, 0) is 11.3 Å². The van der Waals surface area contributed by atoms with Crippen LogP contribution >= 0.6 is 0 Å². The number of phenols is 1. The predicted molar refractivity (Wildman–Crippen MR) is 117 cm³/mol. The minimum absolute atomic E-state index is 0.0214. The van der Waals surface area contributed by atoms with Crippen molar-refractivity contribution in [1.82, 2.24) is 15.1 Å². The highest BCUT2D eigenvalue weighted by molar-refractivity contribution is 5.95. The van der Waals surface area contributed by atoms with E-state index in [-0.39, 0.29) is 41.9 Å². The van der Waals surface area contributed by atoms with Crippen molar-refractivity contribution >= 4 is 17.6 Å². The molecule has 2 aliphatic carbocycles. The van der Waals surface area contributed by atoms with Gasteiger partial charge in [-0.25, -0.2) is 9.18 Å². The number of nitrogens with zero attached hydrogens (tertiary/aromatic N) is 2. The Hall–Kier alpha value is -3.68. The molecule has 3 aromatic rings. The van der Waals surface area contributed by atoms with E-state index in [9.17, 15) is 19.1 Å². The summed E-state index contributed by atoms with van der Waals surface area (Å²) in [6.07, 6.45) is 3.75. The van der Waals surface area contributed by atoms with Crippen molar-refractivity contribution in [2.45, 2.75) is 38.1 Å². The summed E-state index contributed by atoms with van der Waals surface area (Å²) in [7, 11) is 0. The van der Waals surface area contributed by atoms with E-state index in [1.807, 2.05) is 6.07 Å². The van der Waals surface area contributed by atoms with Crippen molar-refractivity contribution in [1.29, 1.82) is 0 Å². The lowest BCUT2D eigenvalue weighted by atomic mass is 10.1. The number of nitrogens with one attached hydrogen (secondary N) is 2. The van der Waals surface area contributed by atoms with Crippen LogP contribution in [0.3, 0.4) is 0 Å². The third-order valence-corrected chi connectivity index (χ3v) is 5.77. The van der Waals surface area contributed by atoms with E-state index in [1.165, 1.54) is 22.9 Å². The molecular formula is C24H23FN4O3. The number of hydrogen-bond donors (Lipinski definition) is 3. The highest BCUT2D eigenvalue weighted by Gasteiger charge is 2.31. The molecule has 0 bridgehead atoms. The molecule has 0 spiro atoms. The van der Waals surface area contributed by atoms with Crippen molar-refractivity contribution in [2.75, 3.05) is 5.32 Å². The van der Waals surface area contributed by atoms with E-state index in [0.29, 0.717) is 16.9 Å². The topological polar surface area (TPSA) is 96.2 Å². The SMILES string of the molecule is O=C(Nc1ccc(O)c(-c2cc(C3CC3)n(C(=O)NCc3ccc(F)cc3)n2)c1)C1CC1. The summed E-state index contributed by atoms with van der Waals surface area (Å²) in [6.45, 7) is 0.242. The number of aromatic nitrogens is 2. The van der Waals surface area contributed by atoms with Gasteiger partial charge in [0.1, 0.15) is 11.6 Å². The van der Waals surface area contributed by atoms with Crippen molar-refractivity contribution in [3.8, 4) is 17.0 Å². The zero-order valence-electron chi connectivity index (χ0n) is 17.3. The number of hydrogen-bond acceptors (Lipinski definition) is 4. The number of halogens is 1. The maximum Gasteiger partial charge on any atom is 0.342 e. The van der Waals surface area contributed by atoms with Crippen LogP contribution in [0.4, 0.5) is 14.9 Å². The van der Waals surface area contributed by atoms with Gasteiger partial charge in [0.2, 0.25) is 5.91 Å². The van der Waals surface area contributed by atoms with Crippen LogP contribution in [-0.4, -0.2) is 26.8 Å². The summed E-state index contributed by atoms with van der Waals surface area (Å²) < 4.78 is 14.4. The number of rotatable bonds is 6. The molecule has 1 aromatic heterocycles. The average Bonchev–Trinajstić information content (AvgIpc) is 3.72. The monoisotopic (exact) mass is 434 g/mol. The second-order valence-electron chi connectivity index (χ2n) is 8.42. The lowest BCUT2D eigenvalue weighted by molar-refractivity contribution is -0.117. The molecule has 0 aliphatic heterocycles. The Morgan fingerprint density at radius 1 is 1.06 bits per heavy atom. The predicted octanol–water partition coefficient (Wildman–Crippen LogP) is 4.38. The van der Waals surface area contributed by atoms with Crippen LogP contribution in [0.15, 0.2) is 48.5 Å². The fourth-order valence-electron chi connectivity index (χ4n) is 3.62. The zero-order chi connectivity index (χ0) is 22.2. The standard InChI is InChI=1S/C24H23FN4O3/c25-17-7-1-14(2-8-17)13-26-24(32)29-21(15-3-4-15)12-20(28-29)19-11-18(9-10-22(19)30)27-23(31)16-5-6-16/h1-2,7-12,15-16,30H,3-6,13H2,(H,26,32)(H,27,31). The Morgan fingerprint density at radius 3 is 2.50 bits per heavy atom. The Labute approximate surface area is 184 Å². The number of carbonyl (C=O) groups is 2. The number of phenolic OH excluding ortho intramolecular Hbond substituents is 1. The number of aromatic hydroxyl groups is 1. The van der Waals surface area contributed by atoms with Gasteiger partial charge in [0.15, 0.2) is 0 Å². The molecule has 5 rings (SSSR count). The molecule has 0 unspecified atom stereocenters. The summed E-state index contributed by atoms with van der Waals surface area (Å²) in [5, 5.41) is 20.6. The molecule has 7 nitrogen and oxygen atoms in total. The van der Waals surface area contributed by atoms with E-state index < -0.39 is 0 Å². The second-order valence-corrected chi connectivity index (χ2v) is 8.42. The van der Waals surface area contributed by atoms with Crippen LogP contribution < -0.4 is 10.6 Å². The number of benzene rings is 2. The lowest BCUT2D eigenvalue weighted by Crippen LogP contribution is -2.30. The molecule has 8 heteroatoms. The number of anilines is 1. The lowest BCUT2D eigenvalue weighted by Gasteiger charge is -2.08. The summed E-state index contributed by atoms with van der Waals surface area (Å²) in [4.78, 5) is 25.0. The first-order valence-corrected chi connectivity index (χ1v) is 10.7. The van der Waals surface area contributed by atoms with Crippen molar-refractivity contribution in [3.05, 3.63) is 65.6 Å². The van der Waals surface area contributed by atoms with E-state index in [4.69, 9.17) is 0 Å². The normalized spacial score (nSPS) is 15.4. The molecule has 164 valence electrons. The molecule has 2 amide bonds. The minimum atomic E-state index is -0.389. The van der Waals surface area contributed by atoms with Crippen LogP contribution in [0, 0.1) is 11.7 Å². The summed E-state index contributed by atoms with van der Waals surface area (Å²) >= 11 is 0. The zero-order valence-corrected chi connectivity index (χ0v) is 17.3. The van der Waals surface area contributed by atoms with Gasteiger partial charge < -0.3 is 15.7 Å². The molecule has 0 saturated heterocycles. The molecule has 2 fully saturated rings. The van der Waals surface area contributed by atoms with Gasteiger partial charge in [0, 0.05) is 29.6 Å². The number of amides is 2. The van der Waals surface area contributed by atoms with Crippen molar-refractivity contribution < 1.29 is 19.1 Å². The fourth-order valence-corrected chi connectivity index (χ4v) is 3.62. The molecule has 3 N–H and O–H groups in total. The Kier molecular flexibility index (Phi) is 5.13. The molecule has 32 heavy (non-hydrogen) atoms. The first kappa shape index (κ1) is 20.2. The molecule has 2 saturated carbocycles. The molecule has 2 aliphatic rings. The highest BCUT2D eigenvalue weighted by Crippen LogP contribution is 2.42. The Bertz CT molecular complexity index is 1180. The van der Waals surface area contributed by atoms with E-state index in [2.05, 4.69) is 15.7 Å². The van der Waals surface area contributed by atoms with Gasteiger partial charge in [-0.15, -0.1) is 0 Å². The van der Waals surface area contributed by atoms with E-state index in [0.717, 1.165) is 36.9 Å². The molecule has 1 heterocycles. The van der Waals surface area contributed by atoms with E-state index >= 15 is 0 Å². The Morgan fingerprint density at radius 2 is 1.81 bits per heavy atom. The van der Waals surface area contributed by atoms with Gasteiger partial charge in [-0.3, -0.25) is 4.79 Å². The van der Waals surface area contributed by atoms with E-state index in [1.54, 1.807) is 24.3 Å². The molecule has 0 atom stereocenters. The van der Waals surface area contributed by atoms with Crippen LogP contribution in [0.1, 0.15) is 42.9 Å². The van der Waals surface area contributed by atoms with Gasteiger partial charge >= 0.3 is 6.03 Å². The summed E-state index contributed by atoms with van der Waals surface area (Å²) in [5.41, 5.74) is 3.05. The molecule has 0 radical (unpaired) electrons. The molecular weight excluding hydrogens is 411 g/mol. The minimum Gasteiger partial charge on any atom is -0.507 e. The fraction of sp³-hybridized carbons (Fsp3) is 0.292. The smallest absolute Gasteiger partial charge is 0.342 e. The number of carbonyl (C=O) groups excluding carboxylic acids is 2. The Balaban J connectivity index is 1.38. The van der Waals surface area contributed by atoms with Crippen molar-refractivity contribution in [2.24, 2.45) is 5.92 Å². The first-order valence-electron chi connectivity index (χ1n) is 10.7. The van der Waals surface area contributed by atoms with Gasteiger partial charge in [-0.05, 0) is 67.6 Å². The van der Waals surface area contributed by atoms with Crippen molar-refractivity contribution in [3.63, 3.8) is 0 Å². The third kappa shape index (κ3) is 4.34. The van der Waals surface area contributed by atoms with Gasteiger partial charge in [0.25, 0.3) is 0 Å². The van der Waals surface area contributed by atoms with Crippen LogP contribution in [0.5, 0.6) is 5.75 Å². The average molecular weight is 434 g/mol. The summed E-state index contributed by atoms with van der Waals surface area (Å²) in [5.74, 6) is -0.0206. The van der Waals surface area contributed by atoms with Crippen LogP contribution in [0.2, 0.25) is 0 Å². The highest BCUT2D eigenvalue weighted by atomic mass is 19.1. The maximum atomic E-state index is 13.1. The largest absolute Gasteiger partial charge is 0.507 e. The van der Waals surface area contributed by atoms with Gasteiger partial charge in [-0.1, -0.05) is 12.1 Å². The van der Waals surface area contributed by atoms with Gasteiger partial charge in [0.05, 0.1) is 11.4 Å². The maximum absolute atomic E-state index is 13.1. The third-order valence-electron chi connectivity index (χ3n) is 5.77. The summed E-state index contributed by atoms with van der Waals surface area (Å²) in [6, 6.07) is 12.2. The molecule has 2 aromatic carbocycles. The van der Waals surface area contributed by atoms with Crippen LogP contribution in [0.25, 0.3) is 11.3 Å². The first-order chi connectivity index (χ1) is 15.5. The quantitative estimate of drug-likeness (QED) is 0.502.